The van der Waals surface area contributed by atoms with E-state index in [0.717, 1.165) is 16.9 Å². The van der Waals surface area contributed by atoms with Crippen molar-refractivity contribution in [3.8, 4) is 5.69 Å². The van der Waals surface area contributed by atoms with E-state index in [0.29, 0.717) is 17.6 Å². The molecule has 1 aromatic heterocycles. The monoisotopic (exact) mass is 281 g/mol. The second kappa shape index (κ2) is 5.72. The molecule has 2 aromatic rings. The summed E-state index contributed by atoms with van der Waals surface area (Å²) in [4.78, 5) is 0. The fourth-order valence-corrected chi connectivity index (χ4v) is 1.93. The molecule has 2 rings (SSSR count). The van der Waals surface area contributed by atoms with Gasteiger partial charge >= 0.3 is 0 Å². The molecule has 1 aromatic carbocycles. The highest BCUT2D eigenvalue weighted by Crippen LogP contribution is 2.20. The molecule has 0 radical (unpaired) electrons. The summed E-state index contributed by atoms with van der Waals surface area (Å²) in [6.07, 6.45) is 1.74. The Morgan fingerprint density at radius 3 is 2.74 bits per heavy atom. The van der Waals surface area contributed by atoms with Gasteiger partial charge < -0.3 is 5.32 Å². The van der Waals surface area contributed by atoms with E-state index in [1.165, 1.54) is 12.1 Å². The third-order valence-corrected chi connectivity index (χ3v) is 3.20. The van der Waals surface area contributed by atoms with Gasteiger partial charge in [-0.1, -0.05) is 25.4 Å². The van der Waals surface area contributed by atoms with E-state index >= 15 is 0 Å². The average Bonchev–Trinajstić information content (AvgIpc) is 2.67. The zero-order valence-electron chi connectivity index (χ0n) is 11.2. The van der Waals surface area contributed by atoms with Gasteiger partial charge in [0.15, 0.2) is 0 Å². The quantitative estimate of drug-likeness (QED) is 0.930. The van der Waals surface area contributed by atoms with E-state index in [1.54, 1.807) is 16.9 Å². The molecule has 0 aliphatic rings. The number of hydrogen-bond donors (Lipinski definition) is 1. The fourth-order valence-electron chi connectivity index (χ4n) is 1.80. The lowest BCUT2D eigenvalue weighted by Crippen LogP contribution is -2.22. The largest absolute Gasteiger partial charge is 0.310 e. The van der Waals surface area contributed by atoms with E-state index in [2.05, 4.69) is 10.4 Å². The molecular formula is C14H17ClFN3. The predicted octanol–water partition coefficient (Wildman–Crippen LogP) is 3.47. The van der Waals surface area contributed by atoms with Gasteiger partial charge in [-0.15, -0.1) is 0 Å². The van der Waals surface area contributed by atoms with Crippen LogP contribution in [0, 0.1) is 12.7 Å². The van der Waals surface area contributed by atoms with Gasteiger partial charge in [-0.05, 0) is 30.7 Å². The van der Waals surface area contributed by atoms with Crippen LogP contribution in [0.4, 0.5) is 4.39 Å². The molecule has 19 heavy (non-hydrogen) atoms. The molecule has 0 atom stereocenters. The summed E-state index contributed by atoms with van der Waals surface area (Å²) < 4.78 is 15.1. The highest BCUT2D eigenvalue weighted by atomic mass is 35.5. The van der Waals surface area contributed by atoms with Crippen LogP contribution in [0.1, 0.15) is 25.1 Å². The Hall–Kier alpha value is -1.39. The Balaban J connectivity index is 2.38. The molecule has 1 heterocycles. The zero-order valence-corrected chi connectivity index (χ0v) is 12.0. The molecule has 0 unspecified atom stereocenters. The third kappa shape index (κ3) is 3.33. The van der Waals surface area contributed by atoms with Crippen LogP contribution < -0.4 is 5.32 Å². The summed E-state index contributed by atoms with van der Waals surface area (Å²) in [5, 5.41) is 8.22. The van der Waals surface area contributed by atoms with Crippen molar-refractivity contribution in [2.24, 2.45) is 0 Å². The molecule has 5 heteroatoms. The minimum atomic E-state index is -0.251. The topological polar surface area (TPSA) is 29.9 Å². The second-order valence-electron chi connectivity index (χ2n) is 4.82. The predicted molar refractivity (Wildman–Crippen MR) is 75.2 cm³/mol. The van der Waals surface area contributed by atoms with Gasteiger partial charge in [-0.2, -0.15) is 5.10 Å². The van der Waals surface area contributed by atoms with Crippen molar-refractivity contribution in [1.82, 2.24) is 15.1 Å². The maximum Gasteiger partial charge on any atom is 0.123 e. The van der Waals surface area contributed by atoms with Crippen LogP contribution in [-0.2, 0) is 6.54 Å². The van der Waals surface area contributed by atoms with Crippen molar-refractivity contribution >= 4 is 11.6 Å². The lowest BCUT2D eigenvalue weighted by molar-refractivity contribution is 0.578. The summed E-state index contributed by atoms with van der Waals surface area (Å²) in [6, 6.07) is 5.00. The number of benzene rings is 1. The molecule has 0 fully saturated rings. The normalized spacial score (nSPS) is 11.3. The summed E-state index contributed by atoms with van der Waals surface area (Å²) in [5.41, 5.74) is 2.45. The third-order valence-electron chi connectivity index (χ3n) is 2.83. The Morgan fingerprint density at radius 1 is 1.42 bits per heavy atom. The molecule has 0 saturated heterocycles. The number of rotatable bonds is 4. The van der Waals surface area contributed by atoms with Crippen molar-refractivity contribution in [3.63, 3.8) is 0 Å². The SMILES string of the molecule is Cc1nn(-c2ccc(F)cc2CNC(C)C)cc1Cl. The van der Waals surface area contributed by atoms with E-state index < -0.39 is 0 Å². The summed E-state index contributed by atoms with van der Waals surface area (Å²) >= 11 is 6.02. The molecule has 3 nitrogen and oxygen atoms in total. The van der Waals surface area contributed by atoms with Crippen LogP contribution in [-0.4, -0.2) is 15.8 Å². The van der Waals surface area contributed by atoms with Crippen LogP contribution in [0.5, 0.6) is 0 Å². The zero-order chi connectivity index (χ0) is 14.0. The number of aromatic nitrogens is 2. The molecule has 0 amide bonds. The van der Waals surface area contributed by atoms with E-state index in [9.17, 15) is 4.39 Å². The molecular weight excluding hydrogens is 265 g/mol. The number of nitrogens with one attached hydrogen (secondary N) is 1. The molecule has 0 aliphatic heterocycles. The van der Waals surface area contributed by atoms with Gasteiger partial charge in [-0.25, -0.2) is 9.07 Å². The van der Waals surface area contributed by atoms with E-state index in [4.69, 9.17) is 11.6 Å². The Kier molecular flexibility index (Phi) is 4.22. The maximum atomic E-state index is 13.4. The Bertz CT molecular complexity index is 559. The van der Waals surface area contributed by atoms with Gasteiger partial charge in [0.05, 0.1) is 16.4 Å². The summed E-state index contributed by atoms with van der Waals surface area (Å²) in [5.74, 6) is -0.251. The van der Waals surface area contributed by atoms with Crippen LogP contribution in [0.2, 0.25) is 5.02 Å². The van der Waals surface area contributed by atoms with Crippen LogP contribution in [0.3, 0.4) is 0 Å². The van der Waals surface area contributed by atoms with E-state index in [-0.39, 0.29) is 5.82 Å². The Morgan fingerprint density at radius 2 is 2.16 bits per heavy atom. The molecule has 1 N–H and O–H groups in total. The van der Waals surface area contributed by atoms with Crippen LogP contribution >= 0.6 is 11.6 Å². The lowest BCUT2D eigenvalue weighted by atomic mass is 10.1. The number of halogens is 2. The smallest absolute Gasteiger partial charge is 0.123 e. The summed E-state index contributed by atoms with van der Waals surface area (Å²) in [6.45, 7) is 6.53. The van der Waals surface area contributed by atoms with Gasteiger partial charge in [0.25, 0.3) is 0 Å². The minimum absolute atomic E-state index is 0.251. The highest BCUT2D eigenvalue weighted by Gasteiger charge is 2.10. The summed E-state index contributed by atoms with van der Waals surface area (Å²) in [7, 11) is 0. The van der Waals surface area contributed by atoms with Gasteiger partial charge in [0.2, 0.25) is 0 Å². The molecule has 0 bridgehead atoms. The standard InChI is InChI=1S/C14H17ClFN3/c1-9(2)17-7-11-6-12(16)4-5-14(11)19-8-13(15)10(3)18-19/h4-6,8-9,17H,7H2,1-3H3. The molecule has 0 aliphatic carbocycles. The first-order valence-corrected chi connectivity index (χ1v) is 6.59. The van der Waals surface area contributed by atoms with Gasteiger partial charge in [-0.3, -0.25) is 0 Å². The van der Waals surface area contributed by atoms with Crippen molar-refractivity contribution in [2.75, 3.05) is 0 Å². The van der Waals surface area contributed by atoms with Gasteiger partial charge in [0, 0.05) is 18.8 Å². The van der Waals surface area contributed by atoms with E-state index in [1.807, 2.05) is 20.8 Å². The first-order valence-electron chi connectivity index (χ1n) is 6.21. The molecule has 0 saturated carbocycles. The van der Waals surface area contributed by atoms with Crippen LogP contribution in [0.25, 0.3) is 5.69 Å². The first-order chi connectivity index (χ1) is 8.97. The number of nitrogens with zero attached hydrogens (tertiary/aromatic N) is 2. The second-order valence-corrected chi connectivity index (χ2v) is 5.22. The van der Waals surface area contributed by atoms with Crippen LogP contribution in [0.15, 0.2) is 24.4 Å². The minimum Gasteiger partial charge on any atom is -0.310 e. The number of hydrogen-bond acceptors (Lipinski definition) is 2. The fraction of sp³-hybridized carbons (Fsp3) is 0.357. The average molecular weight is 282 g/mol. The Labute approximate surface area is 117 Å². The number of aryl methyl sites for hydroxylation is 1. The van der Waals surface area contributed by atoms with Crippen molar-refractivity contribution in [1.29, 1.82) is 0 Å². The van der Waals surface area contributed by atoms with Crippen molar-refractivity contribution in [3.05, 3.63) is 46.5 Å². The first kappa shape index (κ1) is 14.0. The maximum absolute atomic E-state index is 13.4. The van der Waals surface area contributed by atoms with Gasteiger partial charge in [0.1, 0.15) is 5.82 Å². The highest BCUT2D eigenvalue weighted by molar-refractivity contribution is 6.31. The lowest BCUT2D eigenvalue weighted by Gasteiger charge is -2.12. The van der Waals surface area contributed by atoms with Crippen molar-refractivity contribution < 1.29 is 4.39 Å². The molecule has 0 spiro atoms. The van der Waals surface area contributed by atoms with Crippen molar-refractivity contribution in [2.45, 2.75) is 33.4 Å². The molecule has 102 valence electrons.